The quantitative estimate of drug-likeness (QED) is 0.819. The Morgan fingerprint density at radius 3 is 2.59 bits per heavy atom. The third-order valence-corrected chi connectivity index (χ3v) is 1.89. The van der Waals surface area contributed by atoms with Crippen molar-refractivity contribution in [1.29, 1.82) is 0 Å². The van der Waals surface area contributed by atoms with E-state index in [0.717, 1.165) is 12.3 Å². The molecule has 17 heavy (non-hydrogen) atoms. The highest BCUT2D eigenvalue weighted by molar-refractivity contribution is 6.03. The molecule has 2 heterocycles. The molecule has 0 spiro atoms. The van der Waals surface area contributed by atoms with Crippen molar-refractivity contribution >= 4 is 17.6 Å². The molecule has 2 rings (SSSR count). The van der Waals surface area contributed by atoms with Crippen LogP contribution in [0.1, 0.15) is 20.9 Å². The zero-order valence-corrected chi connectivity index (χ0v) is 8.45. The largest absolute Gasteiger partial charge is 0.478 e. The summed E-state index contributed by atoms with van der Waals surface area (Å²) in [4.78, 5) is 29.6. The van der Waals surface area contributed by atoms with Gasteiger partial charge in [-0.3, -0.25) is 4.79 Å². The molecular weight excluding hydrogens is 226 g/mol. The highest BCUT2D eigenvalue weighted by Gasteiger charge is 2.14. The molecule has 0 bridgehead atoms. The number of aromatic carboxylic acids is 1. The predicted molar refractivity (Wildman–Crippen MR) is 55.7 cm³/mol. The second kappa shape index (κ2) is 4.44. The van der Waals surface area contributed by atoms with Gasteiger partial charge in [0.15, 0.2) is 5.76 Å². The lowest BCUT2D eigenvalue weighted by molar-refractivity contribution is 0.0696. The molecule has 0 saturated carbocycles. The maximum Gasteiger partial charge on any atom is 0.338 e. The van der Waals surface area contributed by atoms with E-state index in [1.165, 1.54) is 18.7 Å². The van der Waals surface area contributed by atoms with Crippen molar-refractivity contribution in [1.82, 2.24) is 9.97 Å². The number of nitrogens with one attached hydrogen (secondary N) is 1. The van der Waals surface area contributed by atoms with Gasteiger partial charge in [-0.25, -0.2) is 14.8 Å². The summed E-state index contributed by atoms with van der Waals surface area (Å²) in [7, 11) is 0. The van der Waals surface area contributed by atoms with Gasteiger partial charge >= 0.3 is 5.97 Å². The monoisotopic (exact) mass is 233 g/mol. The molecule has 2 aromatic rings. The molecular formula is C10H7N3O4. The van der Waals surface area contributed by atoms with Crippen molar-refractivity contribution in [3.8, 4) is 0 Å². The lowest BCUT2D eigenvalue weighted by Gasteiger charge is -2.00. The molecule has 0 atom stereocenters. The van der Waals surface area contributed by atoms with Gasteiger partial charge in [0.05, 0.1) is 23.6 Å². The van der Waals surface area contributed by atoms with Crippen LogP contribution in [0.4, 0.5) is 5.69 Å². The van der Waals surface area contributed by atoms with Gasteiger partial charge in [-0.05, 0) is 0 Å². The summed E-state index contributed by atoms with van der Waals surface area (Å²) in [6, 6.07) is 1.14. The standard InChI is InChI=1S/C10H7N3O4/c14-9(13-7-2-11-5-12-3-7)8-1-6(4-17-8)10(15)16/h1-5H,(H,13,14)(H,15,16). The summed E-state index contributed by atoms with van der Waals surface area (Å²) >= 11 is 0. The van der Waals surface area contributed by atoms with Crippen molar-refractivity contribution in [3.05, 3.63) is 42.4 Å². The predicted octanol–water partition coefficient (Wildman–Crippen LogP) is 1.02. The fourth-order valence-electron chi connectivity index (χ4n) is 1.12. The fraction of sp³-hybridized carbons (Fsp3) is 0. The van der Waals surface area contributed by atoms with Crippen molar-refractivity contribution in [2.75, 3.05) is 5.32 Å². The van der Waals surface area contributed by atoms with Gasteiger partial charge < -0.3 is 14.8 Å². The Hall–Kier alpha value is -2.70. The number of hydrogen-bond acceptors (Lipinski definition) is 5. The van der Waals surface area contributed by atoms with Crippen molar-refractivity contribution in [3.63, 3.8) is 0 Å². The zero-order valence-electron chi connectivity index (χ0n) is 8.45. The van der Waals surface area contributed by atoms with E-state index in [1.54, 1.807) is 0 Å². The maximum absolute atomic E-state index is 11.6. The van der Waals surface area contributed by atoms with Crippen LogP contribution in [0.15, 0.2) is 35.5 Å². The number of amides is 1. The minimum Gasteiger partial charge on any atom is -0.478 e. The zero-order chi connectivity index (χ0) is 12.3. The van der Waals surface area contributed by atoms with E-state index in [9.17, 15) is 9.59 Å². The summed E-state index contributed by atoms with van der Waals surface area (Å²) in [6.07, 6.45) is 5.14. The number of rotatable bonds is 3. The smallest absolute Gasteiger partial charge is 0.338 e. The van der Waals surface area contributed by atoms with Gasteiger partial charge in [-0.1, -0.05) is 0 Å². The van der Waals surface area contributed by atoms with Crippen LogP contribution in [0.25, 0.3) is 0 Å². The highest BCUT2D eigenvalue weighted by Crippen LogP contribution is 2.10. The van der Waals surface area contributed by atoms with Gasteiger partial charge in [-0.15, -0.1) is 0 Å². The van der Waals surface area contributed by atoms with E-state index in [4.69, 9.17) is 9.52 Å². The first-order valence-corrected chi connectivity index (χ1v) is 4.55. The van der Waals surface area contributed by atoms with E-state index >= 15 is 0 Å². The van der Waals surface area contributed by atoms with Crippen molar-refractivity contribution in [2.24, 2.45) is 0 Å². The van der Waals surface area contributed by atoms with Crippen LogP contribution in [0.3, 0.4) is 0 Å². The van der Waals surface area contributed by atoms with E-state index in [2.05, 4.69) is 15.3 Å². The SMILES string of the molecule is O=C(O)c1coc(C(=O)Nc2cncnc2)c1. The first-order chi connectivity index (χ1) is 8.16. The lowest BCUT2D eigenvalue weighted by Crippen LogP contribution is -2.11. The molecule has 2 N–H and O–H groups in total. The van der Waals surface area contributed by atoms with E-state index in [-0.39, 0.29) is 11.3 Å². The summed E-state index contributed by atoms with van der Waals surface area (Å²) in [5.74, 6) is -1.81. The molecule has 86 valence electrons. The topological polar surface area (TPSA) is 105 Å². The fourth-order valence-corrected chi connectivity index (χ4v) is 1.12. The Kier molecular flexibility index (Phi) is 2.82. The second-order valence-corrected chi connectivity index (χ2v) is 3.09. The minimum absolute atomic E-state index is 0.0838. The van der Waals surface area contributed by atoms with E-state index in [0.29, 0.717) is 5.69 Å². The van der Waals surface area contributed by atoms with Crippen molar-refractivity contribution < 1.29 is 19.1 Å². The molecule has 0 unspecified atom stereocenters. The highest BCUT2D eigenvalue weighted by atomic mass is 16.4. The van der Waals surface area contributed by atoms with Crippen LogP contribution >= 0.6 is 0 Å². The molecule has 0 fully saturated rings. The molecule has 0 saturated heterocycles. The third-order valence-electron chi connectivity index (χ3n) is 1.89. The number of carbonyl (C=O) groups excluding carboxylic acids is 1. The number of furan rings is 1. The second-order valence-electron chi connectivity index (χ2n) is 3.09. The first kappa shape index (κ1) is 10.8. The summed E-state index contributed by atoms with van der Waals surface area (Å²) in [5, 5.41) is 11.1. The molecule has 0 aliphatic rings. The number of hydrogen-bond donors (Lipinski definition) is 2. The number of aromatic nitrogens is 2. The van der Waals surface area contributed by atoms with Crippen molar-refractivity contribution in [2.45, 2.75) is 0 Å². The average molecular weight is 233 g/mol. The Labute approximate surface area is 95.1 Å². The van der Waals surface area contributed by atoms with Gasteiger partial charge in [0.25, 0.3) is 5.91 Å². The summed E-state index contributed by atoms with van der Waals surface area (Å²) < 4.78 is 4.83. The molecule has 1 amide bonds. The maximum atomic E-state index is 11.6. The Morgan fingerprint density at radius 2 is 2.00 bits per heavy atom. The van der Waals surface area contributed by atoms with Crippen LogP contribution in [0, 0.1) is 0 Å². The minimum atomic E-state index is -1.16. The van der Waals surface area contributed by atoms with Gasteiger partial charge in [0.2, 0.25) is 0 Å². The number of anilines is 1. The molecule has 7 nitrogen and oxygen atoms in total. The van der Waals surface area contributed by atoms with Gasteiger partial charge in [0, 0.05) is 6.07 Å². The van der Waals surface area contributed by atoms with Crippen LogP contribution < -0.4 is 5.32 Å². The molecule has 0 aromatic carbocycles. The number of carboxylic acids is 1. The van der Waals surface area contributed by atoms with Crippen LogP contribution in [0.2, 0.25) is 0 Å². The Balaban J connectivity index is 2.12. The number of carbonyl (C=O) groups is 2. The molecule has 0 aliphatic carbocycles. The number of carboxylic acid groups (broad SMARTS) is 1. The van der Waals surface area contributed by atoms with Crippen LogP contribution in [-0.2, 0) is 0 Å². The molecule has 2 aromatic heterocycles. The Bertz CT molecular complexity index is 550. The first-order valence-electron chi connectivity index (χ1n) is 4.55. The third kappa shape index (κ3) is 2.46. The summed E-state index contributed by atoms with van der Waals surface area (Å²) in [5.41, 5.74) is 0.310. The van der Waals surface area contributed by atoms with Crippen LogP contribution in [0.5, 0.6) is 0 Å². The molecule has 0 radical (unpaired) electrons. The lowest BCUT2D eigenvalue weighted by atomic mass is 10.3. The normalized spacial score (nSPS) is 9.88. The average Bonchev–Trinajstić information content (AvgIpc) is 2.79. The van der Waals surface area contributed by atoms with E-state index in [1.807, 2.05) is 0 Å². The number of nitrogens with zero attached hydrogens (tertiary/aromatic N) is 2. The van der Waals surface area contributed by atoms with E-state index < -0.39 is 11.9 Å². The summed E-state index contributed by atoms with van der Waals surface area (Å²) in [6.45, 7) is 0. The van der Waals surface area contributed by atoms with Crippen LogP contribution in [-0.4, -0.2) is 27.0 Å². The molecule has 7 heteroatoms. The Morgan fingerprint density at radius 1 is 1.29 bits per heavy atom. The molecule has 0 aliphatic heterocycles. The van der Waals surface area contributed by atoms with Gasteiger partial charge in [0.1, 0.15) is 12.6 Å². The van der Waals surface area contributed by atoms with Gasteiger partial charge in [-0.2, -0.15) is 0 Å².